The number of nitrogens with one attached hydrogen (secondary N) is 1. The first kappa shape index (κ1) is 17.0. The van der Waals surface area contributed by atoms with E-state index >= 15 is 0 Å². The number of hydrogen-bond donors (Lipinski definition) is 2. The highest BCUT2D eigenvalue weighted by molar-refractivity contribution is 5.87. The lowest BCUT2D eigenvalue weighted by molar-refractivity contribution is -0.141. The van der Waals surface area contributed by atoms with Gasteiger partial charge in [0.2, 0.25) is 0 Å². The molecular formula is C16H23NO4. The van der Waals surface area contributed by atoms with Crippen molar-refractivity contribution in [3.63, 3.8) is 0 Å². The number of ether oxygens (including phenoxy) is 1. The Morgan fingerprint density at radius 3 is 2.05 bits per heavy atom. The van der Waals surface area contributed by atoms with Crippen molar-refractivity contribution in [1.29, 1.82) is 0 Å². The number of rotatable bonds is 5. The number of carboxylic acid groups (broad SMARTS) is 1. The van der Waals surface area contributed by atoms with Crippen molar-refractivity contribution in [3.05, 3.63) is 29.8 Å². The fourth-order valence-electron chi connectivity index (χ4n) is 1.73. The van der Waals surface area contributed by atoms with E-state index in [0.717, 1.165) is 0 Å². The maximum absolute atomic E-state index is 11.9. The third kappa shape index (κ3) is 5.10. The van der Waals surface area contributed by atoms with Gasteiger partial charge in [-0.15, -0.1) is 0 Å². The van der Waals surface area contributed by atoms with Crippen LogP contribution in [0.4, 0.5) is 0 Å². The summed E-state index contributed by atoms with van der Waals surface area (Å²) in [5.41, 5.74) is 0.0778. The van der Waals surface area contributed by atoms with Crippen molar-refractivity contribution in [3.8, 4) is 5.75 Å². The van der Waals surface area contributed by atoms with E-state index in [9.17, 15) is 9.59 Å². The third-order valence-electron chi connectivity index (χ3n) is 3.04. The van der Waals surface area contributed by atoms with E-state index in [2.05, 4.69) is 26.1 Å². The molecule has 0 atom stereocenters. The van der Waals surface area contributed by atoms with Crippen LogP contribution in [0.3, 0.4) is 0 Å². The van der Waals surface area contributed by atoms with Crippen LogP contribution in [0.2, 0.25) is 0 Å². The molecule has 5 heteroatoms. The van der Waals surface area contributed by atoms with Crippen LogP contribution in [0.5, 0.6) is 5.75 Å². The smallest absolute Gasteiger partial charge is 0.322 e. The van der Waals surface area contributed by atoms with Crippen LogP contribution in [0.1, 0.15) is 40.2 Å². The van der Waals surface area contributed by atoms with Crippen LogP contribution < -0.4 is 10.1 Å². The summed E-state index contributed by atoms with van der Waals surface area (Å²) in [4.78, 5) is 22.4. The number of carbonyl (C=O) groups is 2. The third-order valence-corrected chi connectivity index (χ3v) is 3.04. The van der Waals surface area contributed by atoms with Crippen molar-refractivity contribution in [2.24, 2.45) is 0 Å². The summed E-state index contributed by atoms with van der Waals surface area (Å²) in [6.07, 6.45) is 0. The minimum absolute atomic E-state index is 0.0485. The Labute approximate surface area is 125 Å². The molecule has 0 unspecified atom stereocenters. The Morgan fingerprint density at radius 2 is 1.62 bits per heavy atom. The van der Waals surface area contributed by atoms with Crippen LogP contribution in [-0.2, 0) is 15.0 Å². The van der Waals surface area contributed by atoms with Gasteiger partial charge in [0.25, 0.3) is 5.91 Å². The topological polar surface area (TPSA) is 75.6 Å². The number of aliphatic carboxylic acids is 1. The summed E-state index contributed by atoms with van der Waals surface area (Å²) in [7, 11) is 0. The molecule has 1 amide bonds. The molecule has 2 N–H and O–H groups in total. The van der Waals surface area contributed by atoms with Gasteiger partial charge in [-0.25, -0.2) is 0 Å². The summed E-state index contributed by atoms with van der Waals surface area (Å²) in [5.74, 6) is -0.989. The van der Waals surface area contributed by atoms with Crippen LogP contribution >= 0.6 is 0 Å². The van der Waals surface area contributed by atoms with Gasteiger partial charge in [0.05, 0.1) is 0 Å². The number of carbonyl (C=O) groups excluding carboxylic acids is 1. The Balaban J connectivity index is 2.75. The molecule has 0 bridgehead atoms. The number of hydrogen-bond acceptors (Lipinski definition) is 3. The SMILES string of the molecule is CC(C)(Oc1ccc(C(C)(C)C)cc1)C(=O)NCC(=O)O. The lowest BCUT2D eigenvalue weighted by atomic mass is 9.87. The van der Waals surface area contributed by atoms with Crippen LogP contribution in [-0.4, -0.2) is 29.1 Å². The lowest BCUT2D eigenvalue weighted by Gasteiger charge is -2.26. The molecule has 1 rings (SSSR count). The lowest BCUT2D eigenvalue weighted by Crippen LogP contribution is -2.47. The van der Waals surface area contributed by atoms with Crippen molar-refractivity contribution in [2.75, 3.05) is 6.54 Å². The number of benzene rings is 1. The molecule has 0 aliphatic rings. The molecule has 21 heavy (non-hydrogen) atoms. The zero-order valence-corrected chi connectivity index (χ0v) is 13.2. The van der Waals surface area contributed by atoms with Gasteiger partial charge in [0.1, 0.15) is 12.3 Å². The van der Waals surface area contributed by atoms with Gasteiger partial charge in [-0.1, -0.05) is 32.9 Å². The molecule has 1 aromatic carbocycles. The zero-order valence-electron chi connectivity index (χ0n) is 13.2. The molecular weight excluding hydrogens is 270 g/mol. The maximum atomic E-state index is 11.9. The van der Waals surface area contributed by atoms with Crippen LogP contribution in [0.25, 0.3) is 0 Å². The zero-order chi connectivity index (χ0) is 16.3. The van der Waals surface area contributed by atoms with E-state index in [-0.39, 0.29) is 5.41 Å². The van der Waals surface area contributed by atoms with E-state index in [1.165, 1.54) is 5.56 Å². The average Bonchev–Trinajstić information content (AvgIpc) is 2.34. The molecule has 0 aliphatic carbocycles. The first-order valence-electron chi connectivity index (χ1n) is 6.82. The largest absolute Gasteiger partial charge is 0.480 e. The predicted octanol–water partition coefficient (Wildman–Crippen LogP) is 2.34. The van der Waals surface area contributed by atoms with E-state index in [1.54, 1.807) is 13.8 Å². The summed E-state index contributed by atoms with van der Waals surface area (Å²) in [5, 5.41) is 10.9. The van der Waals surface area contributed by atoms with Crippen LogP contribution in [0, 0.1) is 0 Å². The van der Waals surface area contributed by atoms with Gasteiger partial charge in [-0.3, -0.25) is 9.59 Å². The van der Waals surface area contributed by atoms with E-state index in [0.29, 0.717) is 5.75 Å². The van der Waals surface area contributed by atoms with Gasteiger partial charge >= 0.3 is 5.97 Å². The van der Waals surface area contributed by atoms with E-state index in [1.807, 2.05) is 24.3 Å². The molecule has 0 aromatic heterocycles. The highest BCUT2D eigenvalue weighted by atomic mass is 16.5. The fraction of sp³-hybridized carbons (Fsp3) is 0.500. The monoisotopic (exact) mass is 293 g/mol. The molecule has 1 aromatic rings. The minimum Gasteiger partial charge on any atom is -0.480 e. The predicted molar refractivity (Wildman–Crippen MR) is 80.5 cm³/mol. The standard InChI is InChI=1S/C16H23NO4/c1-15(2,3)11-6-8-12(9-7-11)21-16(4,5)14(20)17-10-13(18)19/h6-9H,10H2,1-5H3,(H,17,20)(H,18,19). The van der Waals surface area contributed by atoms with Gasteiger partial charge in [0, 0.05) is 0 Å². The summed E-state index contributed by atoms with van der Waals surface area (Å²) < 4.78 is 5.66. The van der Waals surface area contributed by atoms with Gasteiger partial charge in [-0.05, 0) is 37.0 Å². The number of amides is 1. The quantitative estimate of drug-likeness (QED) is 0.873. The van der Waals surface area contributed by atoms with Crippen molar-refractivity contribution < 1.29 is 19.4 Å². The molecule has 116 valence electrons. The molecule has 0 fully saturated rings. The second kappa shape index (κ2) is 6.16. The molecule has 0 radical (unpaired) electrons. The maximum Gasteiger partial charge on any atom is 0.322 e. The van der Waals surface area contributed by atoms with Crippen molar-refractivity contribution in [2.45, 2.75) is 45.6 Å². The molecule has 0 saturated heterocycles. The molecule has 0 saturated carbocycles. The summed E-state index contributed by atoms with van der Waals surface area (Å²) in [6.45, 7) is 9.13. The Bertz CT molecular complexity index is 512. The average molecular weight is 293 g/mol. The second-order valence-corrected chi connectivity index (χ2v) is 6.46. The van der Waals surface area contributed by atoms with Gasteiger partial charge in [0.15, 0.2) is 5.60 Å². The van der Waals surface area contributed by atoms with E-state index in [4.69, 9.17) is 9.84 Å². The van der Waals surface area contributed by atoms with Crippen molar-refractivity contribution in [1.82, 2.24) is 5.32 Å². The Kier molecular flexibility index (Phi) is 4.99. The van der Waals surface area contributed by atoms with Gasteiger partial charge in [-0.2, -0.15) is 0 Å². The first-order chi connectivity index (χ1) is 9.52. The van der Waals surface area contributed by atoms with Crippen LogP contribution in [0.15, 0.2) is 24.3 Å². The van der Waals surface area contributed by atoms with Crippen molar-refractivity contribution >= 4 is 11.9 Å². The highest BCUT2D eigenvalue weighted by Gasteiger charge is 2.30. The Hall–Kier alpha value is -2.04. The molecule has 0 spiro atoms. The molecule has 0 heterocycles. The molecule has 5 nitrogen and oxygen atoms in total. The summed E-state index contributed by atoms with van der Waals surface area (Å²) >= 11 is 0. The minimum atomic E-state index is -1.14. The fourth-order valence-corrected chi connectivity index (χ4v) is 1.73. The first-order valence-corrected chi connectivity index (χ1v) is 6.82. The second-order valence-electron chi connectivity index (χ2n) is 6.46. The normalized spacial score (nSPS) is 11.9. The summed E-state index contributed by atoms with van der Waals surface area (Å²) in [6, 6.07) is 7.54. The Morgan fingerprint density at radius 1 is 1.10 bits per heavy atom. The van der Waals surface area contributed by atoms with E-state index < -0.39 is 24.0 Å². The number of carboxylic acids is 1. The molecule has 0 aliphatic heterocycles. The van der Waals surface area contributed by atoms with Gasteiger partial charge < -0.3 is 15.2 Å². The highest BCUT2D eigenvalue weighted by Crippen LogP contribution is 2.26.